The molecule has 0 radical (unpaired) electrons. The molecule has 0 aromatic heterocycles. The lowest BCUT2D eigenvalue weighted by Crippen LogP contribution is -2.66. The van der Waals surface area contributed by atoms with Crippen molar-refractivity contribution < 1.29 is 14.4 Å². The molecule has 6 heteroatoms. The summed E-state index contributed by atoms with van der Waals surface area (Å²) in [6.07, 6.45) is 0.222. The zero-order valence-corrected chi connectivity index (χ0v) is 16.6. The van der Waals surface area contributed by atoms with Crippen LogP contribution in [0.5, 0.6) is 0 Å². The lowest BCUT2D eigenvalue weighted by atomic mass is 9.69. The zero-order valence-electron chi connectivity index (χ0n) is 16.6. The third-order valence-corrected chi connectivity index (χ3v) is 5.35. The van der Waals surface area contributed by atoms with Crippen molar-refractivity contribution >= 4 is 29.2 Å². The number of benzene rings is 2. The number of amides is 4. The van der Waals surface area contributed by atoms with Crippen LogP contribution in [0.3, 0.4) is 0 Å². The molecule has 1 unspecified atom stereocenters. The maximum Gasteiger partial charge on any atom is 0.335 e. The maximum absolute atomic E-state index is 13.5. The van der Waals surface area contributed by atoms with Crippen molar-refractivity contribution in [1.82, 2.24) is 5.32 Å². The molecular formula is C22H25N3O3. The van der Waals surface area contributed by atoms with Crippen LogP contribution in [0.1, 0.15) is 19.4 Å². The van der Waals surface area contributed by atoms with Gasteiger partial charge in [0, 0.05) is 19.8 Å². The number of hydrogen-bond donors (Lipinski definition) is 1. The van der Waals surface area contributed by atoms with Crippen LogP contribution in [-0.2, 0) is 16.0 Å². The quantitative estimate of drug-likeness (QED) is 0.810. The Morgan fingerprint density at radius 1 is 0.964 bits per heavy atom. The molecule has 2 aromatic carbocycles. The number of imide groups is 2. The van der Waals surface area contributed by atoms with Crippen molar-refractivity contribution in [2.45, 2.75) is 20.3 Å². The normalized spacial score (nSPS) is 19.8. The van der Waals surface area contributed by atoms with E-state index in [1.807, 2.05) is 63.2 Å². The minimum Gasteiger partial charge on any atom is -0.378 e. The highest BCUT2D eigenvalue weighted by Crippen LogP contribution is 2.38. The third kappa shape index (κ3) is 3.26. The Balaban J connectivity index is 2.03. The fourth-order valence-corrected chi connectivity index (χ4v) is 3.57. The average Bonchev–Trinajstić information content (AvgIpc) is 2.66. The summed E-state index contributed by atoms with van der Waals surface area (Å²) in [7, 11) is 3.90. The number of rotatable bonds is 5. The van der Waals surface area contributed by atoms with Crippen LogP contribution in [0.4, 0.5) is 16.2 Å². The van der Waals surface area contributed by atoms with E-state index in [9.17, 15) is 14.4 Å². The summed E-state index contributed by atoms with van der Waals surface area (Å²) in [6.45, 7) is 3.68. The number of barbiturate groups is 1. The summed E-state index contributed by atoms with van der Waals surface area (Å²) in [5.41, 5.74) is 0.988. The van der Waals surface area contributed by atoms with Gasteiger partial charge in [0.25, 0.3) is 5.91 Å². The van der Waals surface area contributed by atoms with E-state index in [-0.39, 0.29) is 12.3 Å². The lowest BCUT2D eigenvalue weighted by Gasteiger charge is -2.41. The van der Waals surface area contributed by atoms with Crippen LogP contribution in [0, 0.1) is 11.3 Å². The van der Waals surface area contributed by atoms with Crippen LogP contribution in [0.2, 0.25) is 0 Å². The van der Waals surface area contributed by atoms with E-state index in [0.29, 0.717) is 5.69 Å². The van der Waals surface area contributed by atoms with E-state index in [4.69, 9.17) is 0 Å². The number of carbonyl (C=O) groups is 3. The summed E-state index contributed by atoms with van der Waals surface area (Å²) in [6, 6.07) is 15.7. The Morgan fingerprint density at radius 3 is 2.11 bits per heavy atom. The molecule has 0 saturated carbocycles. The number of carbonyl (C=O) groups excluding carboxylic acids is 3. The van der Waals surface area contributed by atoms with E-state index in [0.717, 1.165) is 16.2 Å². The second kappa shape index (κ2) is 7.46. The lowest BCUT2D eigenvalue weighted by molar-refractivity contribution is -0.145. The molecule has 1 heterocycles. The van der Waals surface area contributed by atoms with Gasteiger partial charge in [-0.2, -0.15) is 0 Å². The van der Waals surface area contributed by atoms with E-state index in [1.165, 1.54) is 0 Å². The molecule has 4 amide bonds. The summed E-state index contributed by atoms with van der Waals surface area (Å²) < 4.78 is 0. The highest BCUT2D eigenvalue weighted by Gasteiger charge is 2.56. The molecule has 1 aliphatic heterocycles. The highest BCUT2D eigenvalue weighted by atomic mass is 16.2. The molecule has 0 spiro atoms. The standard InChI is InChI=1S/C22H25N3O3/c1-15(2)22(14-16-10-12-17(13-11-16)24(3)4)19(26)23-21(28)25(20(22)27)18-8-6-5-7-9-18/h5-13,15H,14H2,1-4H3,(H,23,26,28). The van der Waals surface area contributed by atoms with Gasteiger partial charge in [0.15, 0.2) is 0 Å². The van der Waals surface area contributed by atoms with E-state index >= 15 is 0 Å². The molecule has 146 valence electrons. The van der Waals surface area contributed by atoms with Crippen molar-refractivity contribution in [3.63, 3.8) is 0 Å². The first kappa shape index (κ1) is 19.6. The number of hydrogen-bond acceptors (Lipinski definition) is 4. The van der Waals surface area contributed by atoms with Crippen molar-refractivity contribution in [3.05, 3.63) is 60.2 Å². The van der Waals surface area contributed by atoms with Crippen LogP contribution < -0.4 is 15.1 Å². The van der Waals surface area contributed by atoms with Crippen LogP contribution >= 0.6 is 0 Å². The van der Waals surface area contributed by atoms with Crippen molar-refractivity contribution in [2.24, 2.45) is 11.3 Å². The summed E-state index contributed by atoms with van der Waals surface area (Å²) in [5.74, 6) is -1.33. The van der Waals surface area contributed by atoms with Gasteiger partial charge in [-0.05, 0) is 42.2 Å². The van der Waals surface area contributed by atoms with E-state index < -0.39 is 23.3 Å². The van der Waals surface area contributed by atoms with Gasteiger partial charge in [0.05, 0.1) is 5.69 Å². The maximum atomic E-state index is 13.5. The molecule has 0 bridgehead atoms. The number of para-hydroxylation sites is 1. The zero-order chi connectivity index (χ0) is 20.5. The fraction of sp³-hybridized carbons (Fsp3) is 0.318. The monoisotopic (exact) mass is 379 g/mol. The predicted octanol–water partition coefficient (Wildman–Crippen LogP) is 3.22. The van der Waals surface area contributed by atoms with Crippen LogP contribution in [0.25, 0.3) is 0 Å². The Morgan fingerprint density at radius 2 is 1.57 bits per heavy atom. The summed E-state index contributed by atoms with van der Waals surface area (Å²) in [5, 5.41) is 2.40. The molecule has 3 rings (SSSR count). The molecular weight excluding hydrogens is 354 g/mol. The smallest absolute Gasteiger partial charge is 0.335 e. The molecule has 1 fully saturated rings. The summed E-state index contributed by atoms with van der Waals surface area (Å²) in [4.78, 5) is 42.0. The first-order valence-electron chi connectivity index (χ1n) is 9.28. The minimum atomic E-state index is -1.36. The fourth-order valence-electron chi connectivity index (χ4n) is 3.57. The van der Waals surface area contributed by atoms with Crippen LogP contribution in [-0.4, -0.2) is 31.9 Å². The highest BCUT2D eigenvalue weighted by molar-refractivity contribution is 6.30. The Kier molecular flexibility index (Phi) is 5.23. The Labute approximate surface area is 165 Å². The minimum absolute atomic E-state index is 0.222. The van der Waals surface area contributed by atoms with Crippen molar-refractivity contribution in [3.8, 4) is 0 Å². The van der Waals surface area contributed by atoms with Crippen LogP contribution in [0.15, 0.2) is 54.6 Å². The van der Waals surface area contributed by atoms with Crippen molar-refractivity contribution in [1.29, 1.82) is 0 Å². The van der Waals surface area contributed by atoms with Gasteiger partial charge < -0.3 is 4.90 Å². The molecule has 2 aromatic rings. The Hall–Kier alpha value is -3.15. The molecule has 6 nitrogen and oxygen atoms in total. The first-order valence-corrected chi connectivity index (χ1v) is 9.28. The average molecular weight is 379 g/mol. The van der Waals surface area contributed by atoms with Gasteiger partial charge in [0.1, 0.15) is 5.41 Å². The van der Waals surface area contributed by atoms with E-state index in [1.54, 1.807) is 24.3 Å². The topological polar surface area (TPSA) is 69.7 Å². The molecule has 1 aliphatic rings. The van der Waals surface area contributed by atoms with Gasteiger partial charge in [-0.15, -0.1) is 0 Å². The summed E-state index contributed by atoms with van der Waals surface area (Å²) >= 11 is 0. The van der Waals surface area contributed by atoms with Crippen molar-refractivity contribution in [2.75, 3.05) is 23.9 Å². The third-order valence-electron chi connectivity index (χ3n) is 5.35. The second-order valence-electron chi connectivity index (χ2n) is 7.60. The molecule has 1 saturated heterocycles. The predicted molar refractivity (Wildman–Crippen MR) is 109 cm³/mol. The molecule has 28 heavy (non-hydrogen) atoms. The largest absolute Gasteiger partial charge is 0.378 e. The van der Waals surface area contributed by atoms with Gasteiger partial charge in [-0.3, -0.25) is 14.9 Å². The molecule has 0 aliphatic carbocycles. The number of nitrogens with one attached hydrogen (secondary N) is 1. The van der Waals surface area contributed by atoms with Gasteiger partial charge in [-0.1, -0.05) is 44.2 Å². The molecule has 1 N–H and O–H groups in total. The van der Waals surface area contributed by atoms with E-state index in [2.05, 4.69) is 5.32 Å². The molecule has 1 atom stereocenters. The van der Waals surface area contributed by atoms with Gasteiger partial charge in [-0.25, -0.2) is 9.69 Å². The Bertz CT molecular complexity index is 891. The number of anilines is 2. The number of urea groups is 1. The first-order chi connectivity index (χ1) is 13.3. The van der Waals surface area contributed by atoms with Gasteiger partial charge in [0.2, 0.25) is 5.91 Å². The number of nitrogens with zero attached hydrogens (tertiary/aromatic N) is 2. The second-order valence-corrected chi connectivity index (χ2v) is 7.60. The SMILES string of the molecule is CC(C)C1(Cc2ccc(N(C)C)cc2)C(=O)NC(=O)N(c2ccccc2)C1=O. The van der Waals surface area contributed by atoms with Gasteiger partial charge >= 0.3 is 6.03 Å².